The Morgan fingerprint density at radius 3 is 2.70 bits per heavy atom. The zero-order valence-electron chi connectivity index (χ0n) is 20.7. The SMILES string of the molecule is COc1ccc2nc(N(Cc3ccccn3)C(=O)C3CCCN(S(=O)(=O)c4ccc(C)cc4)C3)sc2c1. The topological polar surface area (TPSA) is 92.7 Å². The van der Waals surface area contributed by atoms with Gasteiger partial charge in [0, 0.05) is 19.3 Å². The Bertz CT molecular complexity index is 1500. The summed E-state index contributed by atoms with van der Waals surface area (Å²) in [6.07, 6.45) is 2.91. The van der Waals surface area contributed by atoms with Crippen LogP contribution in [0.2, 0.25) is 0 Å². The summed E-state index contributed by atoms with van der Waals surface area (Å²) in [6, 6.07) is 18.0. The zero-order valence-corrected chi connectivity index (χ0v) is 22.3. The summed E-state index contributed by atoms with van der Waals surface area (Å²) in [5.41, 5.74) is 2.49. The molecular weight excluding hydrogens is 508 g/mol. The van der Waals surface area contributed by atoms with E-state index in [4.69, 9.17) is 9.72 Å². The van der Waals surface area contributed by atoms with Crippen LogP contribution in [0.15, 0.2) is 71.8 Å². The summed E-state index contributed by atoms with van der Waals surface area (Å²) in [5, 5.41) is 0.553. The Morgan fingerprint density at radius 2 is 1.97 bits per heavy atom. The fourth-order valence-corrected chi connectivity index (χ4v) is 6.99. The van der Waals surface area contributed by atoms with Crippen molar-refractivity contribution in [2.75, 3.05) is 25.1 Å². The molecule has 0 saturated carbocycles. The number of hydrogen-bond donors (Lipinski definition) is 0. The maximum absolute atomic E-state index is 14.0. The van der Waals surface area contributed by atoms with Crippen molar-refractivity contribution >= 4 is 42.6 Å². The fourth-order valence-electron chi connectivity index (χ4n) is 4.47. The molecule has 1 amide bonds. The van der Waals surface area contributed by atoms with Crippen molar-refractivity contribution in [3.8, 4) is 5.75 Å². The molecule has 1 aliphatic rings. The second-order valence-corrected chi connectivity index (χ2v) is 12.0. The molecule has 3 heterocycles. The van der Waals surface area contributed by atoms with Gasteiger partial charge in [0.2, 0.25) is 15.9 Å². The highest BCUT2D eigenvalue weighted by Crippen LogP contribution is 2.34. The molecule has 37 heavy (non-hydrogen) atoms. The fraction of sp³-hybridized carbons (Fsp3) is 0.296. The number of sulfonamides is 1. The normalized spacial score (nSPS) is 16.5. The third-order valence-corrected chi connectivity index (χ3v) is 9.44. The van der Waals surface area contributed by atoms with E-state index in [1.54, 1.807) is 42.5 Å². The van der Waals surface area contributed by atoms with Crippen LogP contribution in [0.1, 0.15) is 24.1 Å². The molecule has 5 rings (SSSR count). The number of amides is 1. The van der Waals surface area contributed by atoms with E-state index in [1.807, 2.05) is 43.3 Å². The lowest BCUT2D eigenvalue weighted by Gasteiger charge is -2.33. The minimum Gasteiger partial charge on any atom is -0.497 e. The Hall–Kier alpha value is -3.34. The first-order valence-electron chi connectivity index (χ1n) is 12.1. The molecule has 1 atom stereocenters. The standard InChI is InChI=1S/C27H28N4O4S2/c1-19-8-11-23(12-9-19)37(33,34)30-15-5-6-20(17-30)26(32)31(18-21-7-3-4-14-28-21)27-29-24-13-10-22(35-2)16-25(24)36-27/h3-4,7-14,16,20H,5-6,15,17-18H2,1-2H3. The minimum absolute atomic E-state index is 0.131. The summed E-state index contributed by atoms with van der Waals surface area (Å²) in [4.78, 5) is 25.0. The second-order valence-electron chi connectivity index (χ2n) is 9.09. The smallest absolute Gasteiger partial charge is 0.243 e. The molecule has 0 radical (unpaired) electrons. The molecule has 0 N–H and O–H groups in total. The molecule has 0 aliphatic carbocycles. The van der Waals surface area contributed by atoms with Gasteiger partial charge in [-0.25, -0.2) is 13.4 Å². The summed E-state index contributed by atoms with van der Waals surface area (Å²) in [5.74, 6) is 0.0780. The van der Waals surface area contributed by atoms with Gasteiger partial charge in [-0.1, -0.05) is 35.1 Å². The summed E-state index contributed by atoms with van der Waals surface area (Å²) in [7, 11) is -2.09. The number of anilines is 1. The summed E-state index contributed by atoms with van der Waals surface area (Å²) in [6.45, 7) is 2.69. The number of carbonyl (C=O) groups is 1. The molecule has 0 spiro atoms. The van der Waals surface area contributed by atoms with Gasteiger partial charge < -0.3 is 4.74 Å². The van der Waals surface area contributed by atoms with E-state index >= 15 is 0 Å². The van der Waals surface area contributed by atoms with Crippen LogP contribution in [0.4, 0.5) is 5.13 Å². The quantitative estimate of drug-likeness (QED) is 0.342. The van der Waals surface area contributed by atoms with Crippen LogP contribution in [0.5, 0.6) is 5.75 Å². The molecule has 2 aromatic heterocycles. The van der Waals surface area contributed by atoms with Gasteiger partial charge in [0.25, 0.3) is 0 Å². The molecule has 8 nitrogen and oxygen atoms in total. The molecule has 2 aromatic carbocycles. The second kappa shape index (κ2) is 10.6. The van der Waals surface area contributed by atoms with E-state index in [9.17, 15) is 13.2 Å². The average molecular weight is 537 g/mol. The van der Waals surface area contributed by atoms with Gasteiger partial charge in [0.05, 0.1) is 40.4 Å². The number of benzene rings is 2. The van der Waals surface area contributed by atoms with Crippen LogP contribution in [-0.2, 0) is 21.4 Å². The van der Waals surface area contributed by atoms with Crippen LogP contribution in [0.25, 0.3) is 10.2 Å². The predicted molar refractivity (Wildman–Crippen MR) is 144 cm³/mol. The van der Waals surface area contributed by atoms with E-state index in [1.165, 1.54) is 15.6 Å². The number of pyridine rings is 1. The summed E-state index contributed by atoms with van der Waals surface area (Å²) >= 11 is 1.41. The first-order valence-corrected chi connectivity index (χ1v) is 14.3. The molecule has 1 fully saturated rings. The maximum Gasteiger partial charge on any atom is 0.243 e. The highest BCUT2D eigenvalue weighted by atomic mass is 32.2. The zero-order chi connectivity index (χ0) is 26.0. The Kier molecular flexibility index (Phi) is 7.23. The van der Waals surface area contributed by atoms with E-state index in [-0.39, 0.29) is 23.9 Å². The lowest BCUT2D eigenvalue weighted by Crippen LogP contribution is -2.46. The van der Waals surface area contributed by atoms with Crippen molar-refractivity contribution in [2.45, 2.75) is 31.2 Å². The van der Waals surface area contributed by atoms with E-state index < -0.39 is 15.9 Å². The van der Waals surface area contributed by atoms with Gasteiger partial charge in [-0.15, -0.1) is 0 Å². The van der Waals surface area contributed by atoms with Crippen molar-refractivity contribution in [1.82, 2.24) is 14.3 Å². The number of piperidine rings is 1. The molecule has 0 bridgehead atoms. The van der Waals surface area contributed by atoms with Crippen LogP contribution in [0.3, 0.4) is 0 Å². The van der Waals surface area contributed by atoms with Gasteiger partial charge in [-0.3, -0.25) is 14.7 Å². The average Bonchev–Trinajstić information content (AvgIpc) is 3.35. The number of carbonyl (C=O) groups excluding carboxylic acids is 1. The van der Waals surface area contributed by atoms with E-state index in [0.29, 0.717) is 24.5 Å². The molecule has 192 valence electrons. The molecule has 10 heteroatoms. The van der Waals surface area contributed by atoms with Crippen LogP contribution in [-0.4, -0.2) is 48.8 Å². The molecule has 1 unspecified atom stereocenters. The number of aryl methyl sites for hydroxylation is 1. The van der Waals surface area contributed by atoms with Gasteiger partial charge in [-0.2, -0.15) is 4.31 Å². The van der Waals surface area contributed by atoms with Crippen molar-refractivity contribution < 1.29 is 17.9 Å². The lowest BCUT2D eigenvalue weighted by molar-refractivity contribution is -0.123. The van der Waals surface area contributed by atoms with Crippen LogP contribution in [0, 0.1) is 12.8 Å². The first kappa shape index (κ1) is 25.3. The number of ether oxygens (including phenoxy) is 1. The maximum atomic E-state index is 14.0. The number of methoxy groups -OCH3 is 1. The van der Waals surface area contributed by atoms with Crippen LogP contribution >= 0.6 is 11.3 Å². The first-order chi connectivity index (χ1) is 17.8. The van der Waals surface area contributed by atoms with Crippen molar-refractivity contribution in [3.05, 3.63) is 78.1 Å². The number of fused-ring (bicyclic) bond motifs is 1. The largest absolute Gasteiger partial charge is 0.497 e. The monoisotopic (exact) mass is 536 g/mol. The molecule has 4 aromatic rings. The van der Waals surface area contributed by atoms with Gasteiger partial charge >= 0.3 is 0 Å². The van der Waals surface area contributed by atoms with Crippen molar-refractivity contribution in [2.24, 2.45) is 5.92 Å². The summed E-state index contributed by atoms with van der Waals surface area (Å²) < 4.78 is 34.4. The molecule has 1 saturated heterocycles. The highest BCUT2D eigenvalue weighted by molar-refractivity contribution is 7.89. The molecular formula is C27H28N4O4S2. The third kappa shape index (κ3) is 5.36. The number of thiazole rings is 1. The van der Waals surface area contributed by atoms with E-state index in [2.05, 4.69) is 4.98 Å². The van der Waals surface area contributed by atoms with Gasteiger partial charge in [-0.05, 0) is 62.2 Å². The van der Waals surface area contributed by atoms with Crippen molar-refractivity contribution in [3.63, 3.8) is 0 Å². The Balaban J connectivity index is 1.45. The van der Waals surface area contributed by atoms with Gasteiger partial charge in [0.1, 0.15) is 5.75 Å². The number of hydrogen-bond acceptors (Lipinski definition) is 7. The predicted octanol–water partition coefficient (Wildman–Crippen LogP) is 4.64. The number of nitrogens with zero attached hydrogens (tertiary/aromatic N) is 4. The molecule has 1 aliphatic heterocycles. The van der Waals surface area contributed by atoms with Crippen molar-refractivity contribution in [1.29, 1.82) is 0 Å². The number of rotatable bonds is 7. The van der Waals surface area contributed by atoms with Gasteiger partial charge in [0.15, 0.2) is 5.13 Å². The van der Waals surface area contributed by atoms with E-state index in [0.717, 1.165) is 27.2 Å². The van der Waals surface area contributed by atoms with Crippen LogP contribution < -0.4 is 9.64 Å². The third-order valence-electron chi connectivity index (χ3n) is 6.52. The number of aromatic nitrogens is 2. The highest BCUT2D eigenvalue weighted by Gasteiger charge is 2.36. The Morgan fingerprint density at radius 1 is 1.16 bits per heavy atom. The minimum atomic E-state index is -3.70. The lowest BCUT2D eigenvalue weighted by atomic mass is 9.98. The Labute approximate surface area is 220 Å².